The van der Waals surface area contributed by atoms with Gasteiger partial charge in [-0.05, 0) is 37.5 Å². The number of piperazine rings is 1. The van der Waals surface area contributed by atoms with E-state index in [1.807, 2.05) is 13.8 Å². The first-order valence-electron chi connectivity index (χ1n) is 15.3. The summed E-state index contributed by atoms with van der Waals surface area (Å²) in [6, 6.07) is 1.79. The first kappa shape index (κ1) is 35.1. The summed E-state index contributed by atoms with van der Waals surface area (Å²) >= 11 is 6.09. The van der Waals surface area contributed by atoms with E-state index in [1.165, 1.54) is 22.0 Å². The second-order valence-electron chi connectivity index (χ2n) is 11.7. The molecule has 0 radical (unpaired) electrons. The molecule has 1 aliphatic rings. The Hall–Kier alpha value is -5.23. The number of halogens is 4. The molecular weight excluding hydrogens is 665 g/mol. The molecule has 2 N–H and O–H groups in total. The fraction of sp³-hybridized carbons (Fsp3) is 0.364. The maximum atomic E-state index is 14.3. The Bertz CT molecular complexity index is 2060. The van der Waals surface area contributed by atoms with Gasteiger partial charge in [-0.3, -0.25) is 14.4 Å². The highest BCUT2D eigenvalue weighted by atomic mass is 35.5. The number of alkyl halides is 3. The predicted molar refractivity (Wildman–Crippen MR) is 177 cm³/mol. The summed E-state index contributed by atoms with van der Waals surface area (Å²) in [6.07, 6.45) is 4.29. The minimum absolute atomic E-state index is 0.00516. The van der Waals surface area contributed by atoms with Crippen LogP contribution >= 0.6 is 11.6 Å². The molecule has 5 rings (SSSR count). The highest BCUT2D eigenvalue weighted by molar-refractivity contribution is 6.33. The number of pyridine rings is 1. The lowest BCUT2D eigenvalue weighted by atomic mass is 10.1. The van der Waals surface area contributed by atoms with Gasteiger partial charge in [-0.25, -0.2) is 19.9 Å². The number of aryl methyl sites for hydroxylation is 1. The third-order valence-corrected chi connectivity index (χ3v) is 8.52. The molecule has 4 aromatic rings. The minimum Gasteiger partial charge on any atom is -0.504 e. The number of hydrogen-bond acceptors (Lipinski definition) is 9. The normalized spacial score (nSPS) is 15.1. The average Bonchev–Trinajstić information content (AvgIpc) is 3.06. The molecule has 16 heteroatoms. The number of rotatable bonds is 7. The molecule has 1 fully saturated rings. The van der Waals surface area contributed by atoms with Crippen molar-refractivity contribution in [1.82, 2.24) is 29.4 Å². The van der Waals surface area contributed by atoms with Crippen LogP contribution in [0.5, 0.6) is 5.75 Å². The highest BCUT2D eigenvalue weighted by Gasteiger charge is 2.35. The molecule has 1 aliphatic heterocycles. The summed E-state index contributed by atoms with van der Waals surface area (Å²) in [5.74, 6) is 1.04. The number of amides is 2. The molecule has 0 aliphatic carbocycles. The highest BCUT2D eigenvalue weighted by Crippen LogP contribution is 2.34. The van der Waals surface area contributed by atoms with Gasteiger partial charge in [0.05, 0.1) is 40.4 Å². The lowest BCUT2D eigenvalue weighted by Crippen LogP contribution is -2.56. The van der Waals surface area contributed by atoms with Crippen molar-refractivity contribution in [1.29, 1.82) is 0 Å². The van der Waals surface area contributed by atoms with Gasteiger partial charge in [-0.2, -0.15) is 13.2 Å². The van der Waals surface area contributed by atoms with E-state index in [0.717, 1.165) is 18.2 Å². The standard InChI is InChI=1S/C33H32ClF3N8O4/c1-6-20-14-43(32(49)27-29(47)18(5)39-16-40-27)10-11-44(20)28-24(7-2)45(31-26(30(28)48)42-23(13-38-31)17(3)4)15-25(46)41-22-9-8-19(12-21(22)34)33(35,36)37/h1,8-9,12-13,16-17,20,47H,7,10-11,14-15H2,2-5H3,(H,41,46)/t20-/m0/s1. The summed E-state index contributed by atoms with van der Waals surface area (Å²) < 4.78 is 41.0. The molecule has 4 heterocycles. The number of aromatic nitrogens is 5. The van der Waals surface area contributed by atoms with Crippen molar-refractivity contribution < 1.29 is 27.9 Å². The summed E-state index contributed by atoms with van der Waals surface area (Å²) in [7, 11) is 0. The number of benzene rings is 1. The van der Waals surface area contributed by atoms with Crippen LogP contribution in [0.1, 0.15) is 59.8 Å². The number of nitrogens with zero attached hydrogens (tertiary/aromatic N) is 7. The lowest BCUT2D eigenvalue weighted by molar-refractivity contribution is -0.137. The minimum atomic E-state index is -4.62. The van der Waals surface area contributed by atoms with Crippen molar-refractivity contribution in [2.45, 2.75) is 58.8 Å². The number of terminal acetylenes is 1. The van der Waals surface area contributed by atoms with Crippen LogP contribution in [0, 0.1) is 19.3 Å². The first-order chi connectivity index (χ1) is 23.2. The van der Waals surface area contributed by atoms with E-state index in [9.17, 15) is 32.7 Å². The SMILES string of the molecule is C#C[C@H]1CN(C(=O)c2ncnc(C)c2O)CCN1c1c(CC)n(CC(=O)Nc2ccc(C(F)(F)F)cc2Cl)c2ncc(C(C)C)nc2c1=O. The Kier molecular flexibility index (Phi) is 9.82. The lowest BCUT2D eigenvalue weighted by Gasteiger charge is -2.41. The molecule has 1 saturated heterocycles. The zero-order valence-corrected chi connectivity index (χ0v) is 27.7. The molecule has 0 bridgehead atoms. The van der Waals surface area contributed by atoms with Crippen LogP contribution < -0.4 is 15.6 Å². The second-order valence-corrected chi connectivity index (χ2v) is 12.1. The second kappa shape index (κ2) is 13.7. The third kappa shape index (κ3) is 6.86. The predicted octanol–water partition coefficient (Wildman–Crippen LogP) is 4.56. The quantitative estimate of drug-likeness (QED) is 0.266. The molecule has 0 spiro atoms. The van der Waals surface area contributed by atoms with Crippen LogP contribution in [-0.4, -0.2) is 72.0 Å². The number of anilines is 2. The summed E-state index contributed by atoms with van der Waals surface area (Å²) in [5.41, 5.74) is -0.151. The Morgan fingerprint density at radius 2 is 1.94 bits per heavy atom. The number of carbonyl (C=O) groups is 2. The summed E-state index contributed by atoms with van der Waals surface area (Å²) in [4.78, 5) is 61.2. The fourth-order valence-electron chi connectivity index (χ4n) is 5.63. The van der Waals surface area contributed by atoms with Gasteiger partial charge >= 0.3 is 6.18 Å². The molecule has 2 amide bonds. The van der Waals surface area contributed by atoms with Gasteiger partial charge in [0.2, 0.25) is 11.3 Å². The van der Waals surface area contributed by atoms with Crippen LogP contribution in [0.2, 0.25) is 5.02 Å². The molecule has 0 unspecified atom stereocenters. The van der Waals surface area contributed by atoms with Crippen molar-refractivity contribution in [2.75, 3.05) is 29.9 Å². The van der Waals surface area contributed by atoms with Crippen LogP contribution in [0.4, 0.5) is 24.5 Å². The van der Waals surface area contributed by atoms with Crippen molar-refractivity contribution in [2.24, 2.45) is 0 Å². The Morgan fingerprint density at radius 1 is 1.20 bits per heavy atom. The maximum Gasteiger partial charge on any atom is 0.416 e. The van der Waals surface area contributed by atoms with E-state index in [2.05, 4.69) is 31.2 Å². The van der Waals surface area contributed by atoms with E-state index >= 15 is 0 Å². The number of carbonyl (C=O) groups excluding carboxylic acids is 2. The monoisotopic (exact) mass is 696 g/mol. The molecule has 0 saturated carbocycles. The van der Waals surface area contributed by atoms with Gasteiger partial charge in [0, 0.05) is 18.8 Å². The van der Waals surface area contributed by atoms with E-state index in [0.29, 0.717) is 11.4 Å². The molecule has 1 aromatic carbocycles. The van der Waals surface area contributed by atoms with Gasteiger partial charge < -0.3 is 24.8 Å². The Balaban J connectivity index is 1.56. The maximum absolute atomic E-state index is 14.3. The van der Waals surface area contributed by atoms with Gasteiger partial charge in [-0.15, -0.1) is 6.42 Å². The van der Waals surface area contributed by atoms with Crippen LogP contribution in [0.25, 0.3) is 11.2 Å². The summed E-state index contributed by atoms with van der Waals surface area (Å²) in [6.45, 7) is 6.92. The van der Waals surface area contributed by atoms with Crippen molar-refractivity contribution in [3.63, 3.8) is 0 Å². The largest absolute Gasteiger partial charge is 0.504 e. The Morgan fingerprint density at radius 3 is 2.57 bits per heavy atom. The van der Waals surface area contributed by atoms with Gasteiger partial charge in [0.25, 0.3) is 5.91 Å². The third-order valence-electron chi connectivity index (χ3n) is 8.21. The molecule has 3 aromatic heterocycles. The molecule has 1 atom stereocenters. The van der Waals surface area contributed by atoms with Crippen LogP contribution in [0.3, 0.4) is 0 Å². The zero-order valence-electron chi connectivity index (χ0n) is 27.0. The average molecular weight is 697 g/mol. The van der Waals surface area contributed by atoms with E-state index in [-0.39, 0.29) is 76.7 Å². The summed E-state index contributed by atoms with van der Waals surface area (Å²) in [5, 5.41) is 12.7. The van der Waals surface area contributed by atoms with Gasteiger partial charge in [0.1, 0.15) is 24.6 Å². The smallest absolute Gasteiger partial charge is 0.416 e. The Labute approximate surface area is 284 Å². The van der Waals surface area contributed by atoms with E-state index < -0.39 is 41.6 Å². The topological polar surface area (TPSA) is 146 Å². The van der Waals surface area contributed by atoms with Gasteiger partial charge in [-0.1, -0.05) is 38.3 Å². The number of nitrogens with one attached hydrogen (secondary N) is 1. The fourth-order valence-corrected chi connectivity index (χ4v) is 5.85. The van der Waals surface area contributed by atoms with Crippen molar-refractivity contribution in [3.05, 3.63) is 74.3 Å². The number of aromatic hydroxyl groups is 1. The van der Waals surface area contributed by atoms with Crippen LogP contribution in [-0.2, 0) is 23.9 Å². The number of fused-ring (bicyclic) bond motifs is 1. The molecule has 49 heavy (non-hydrogen) atoms. The van der Waals surface area contributed by atoms with Crippen molar-refractivity contribution >= 4 is 46.0 Å². The first-order valence-corrected chi connectivity index (χ1v) is 15.6. The molecule has 256 valence electrons. The zero-order chi connectivity index (χ0) is 35.8. The number of hydrogen-bond donors (Lipinski definition) is 2. The molecular formula is C33H32ClF3N8O4. The van der Waals surface area contributed by atoms with Crippen molar-refractivity contribution in [3.8, 4) is 18.1 Å². The van der Waals surface area contributed by atoms with E-state index in [4.69, 9.17) is 18.0 Å². The van der Waals surface area contributed by atoms with E-state index in [1.54, 1.807) is 18.7 Å². The van der Waals surface area contributed by atoms with Gasteiger partial charge in [0.15, 0.2) is 22.6 Å². The molecule has 12 nitrogen and oxygen atoms in total. The van der Waals surface area contributed by atoms with Crippen LogP contribution in [0.15, 0.2) is 35.5 Å².